The molecule has 1 aromatic heterocycles. The Labute approximate surface area is 132 Å². The van der Waals surface area contributed by atoms with Crippen LogP contribution >= 0.6 is 0 Å². The summed E-state index contributed by atoms with van der Waals surface area (Å²) in [4.78, 5) is 10.4. The number of halogens is 3. The first kappa shape index (κ1) is 17.2. The summed E-state index contributed by atoms with van der Waals surface area (Å²) in [6.45, 7) is 2.68. The third-order valence-corrected chi connectivity index (χ3v) is 3.46. The van der Waals surface area contributed by atoms with E-state index in [1.165, 1.54) is 12.1 Å². The summed E-state index contributed by atoms with van der Waals surface area (Å²) in [5.41, 5.74) is 1.81. The van der Waals surface area contributed by atoms with Crippen molar-refractivity contribution in [1.29, 1.82) is 0 Å². The number of hydrogen-bond acceptors (Lipinski definition) is 4. The van der Waals surface area contributed by atoms with E-state index >= 15 is 0 Å². The van der Waals surface area contributed by atoms with E-state index in [2.05, 4.69) is 26.5 Å². The predicted molar refractivity (Wildman–Crippen MR) is 79.8 cm³/mol. The van der Waals surface area contributed by atoms with Crippen molar-refractivity contribution in [1.82, 2.24) is 14.9 Å². The van der Waals surface area contributed by atoms with Crippen LogP contribution in [0.2, 0.25) is 0 Å². The van der Waals surface area contributed by atoms with Gasteiger partial charge in [-0.3, -0.25) is 14.9 Å². The van der Waals surface area contributed by atoms with E-state index in [0.717, 1.165) is 17.7 Å². The largest absolute Gasteiger partial charge is 0.573 e. The zero-order chi connectivity index (χ0) is 16.9. The number of likely N-dealkylation sites (N-methyl/N-ethyl adjacent to an activating group) is 1. The highest BCUT2D eigenvalue weighted by Crippen LogP contribution is 2.23. The number of alkyl halides is 3. The molecule has 0 saturated carbocycles. The second kappa shape index (κ2) is 7.41. The summed E-state index contributed by atoms with van der Waals surface area (Å²) in [6, 6.07) is 6.13. The maximum atomic E-state index is 12.1. The van der Waals surface area contributed by atoms with Gasteiger partial charge in [-0.2, -0.15) is 0 Å². The van der Waals surface area contributed by atoms with Gasteiger partial charge < -0.3 is 4.74 Å². The van der Waals surface area contributed by atoms with E-state index in [9.17, 15) is 13.2 Å². The summed E-state index contributed by atoms with van der Waals surface area (Å²) in [5, 5.41) is 0. The van der Waals surface area contributed by atoms with Crippen LogP contribution in [0.3, 0.4) is 0 Å². The molecule has 4 nitrogen and oxygen atoms in total. The lowest BCUT2D eigenvalue weighted by Crippen LogP contribution is -2.30. The first-order chi connectivity index (χ1) is 10.8. The second-order valence-electron chi connectivity index (χ2n) is 5.36. The molecule has 1 aromatic carbocycles. The highest BCUT2D eigenvalue weighted by Gasteiger charge is 2.30. The van der Waals surface area contributed by atoms with Gasteiger partial charge in [-0.1, -0.05) is 12.1 Å². The SMILES string of the molecule is C[C@@H](Cc1cnccn1)N(C)Cc1ccc(OC(F)(F)F)cc1. The molecule has 0 fully saturated rings. The van der Waals surface area contributed by atoms with Crippen molar-refractivity contribution >= 4 is 0 Å². The van der Waals surface area contributed by atoms with Gasteiger partial charge >= 0.3 is 6.36 Å². The summed E-state index contributed by atoms with van der Waals surface area (Å²) in [6.07, 6.45) is 1.10. The molecule has 1 atom stereocenters. The highest BCUT2D eigenvalue weighted by molar-refractivity contribution is 5.27. The van der Waals surface area contributed by atoms with Gasteiger partial charge in [0.05, 0.1) is 5.69 Å². The molecule has 0 aliphatic heterocycles. The maximum Gasteiger partial charge on any atom is 0.573 e. The molecule has 0 saturated heterocycles. The normalized spacial score (nSPS) is 13.1. The van der Waals surface area contributed by atoms with Crippen molar-refractivity contribution in [2.24, 2.45) is 0 Å². The molecule has 0 bridgehead atoms. The lowest BCUT2D eigenvalue weighted by molar-refractivity contribution is -0.274. The summed E-state index contributed by atoms with van der Waals surface area (Å²) in [7, 11) is 1.96. The standard InChI is InChI=1S/C16H18F3N3O/c1-12(9-14-10-20-7-8-21-14)22(2)11-13-3-5-15(6-4-13)23-16(17,18)19/h3-8,10,12H,9,11H2,1-2H3/t12-/m0/s1. The van der Waals surface area contributed by atoms with Crippen LogP contribution in [-0.4, -0.2) is 34.3 Å². The van der Waals surface area contributed by atoms with E-state index in [1.54, 1.807) is 30.7 Å². The van der Waals surface area contributed by atoms with Gasteiger partial charge in [-0.25, -0.2) is 0 Å². The number of aromatic nitrogens is 2. The van der Waals surface area contributed by atoms with Crippen LogP contribution in [0.1, 0.15) is 18.2 Å². The summed E-state index contributed by atoms with van der Waals surface area (Å²) < 4.78 is 40.2. The van der Waals surface area contributed by atoms with Crippen LogP contribution in [0.15, 0.2) is 42.9 Å². The van der Waals surface area contributed by atoms with Gasteiger partial charge in [0, 0.05) is 37.6 Å². The van der Waals surface area contributed by atoms with Crippen molar-refractivity contribution < 1.29 is 17.9 Å². The Morgan fingerprint density at radius 1 is 1.17 bits per heavy atom. The van der Waals surface area contributed by atoms with Crippen LogP contribution in [0.25, 0.3) is 0 Å². The third-order valence-electron chi connectivity index (χ3n) is 3.46. The van der Waals surface area contributed by atoms with E-state index in [1.807, 2.05) is 7.05 Å². The fraction of sp³-hybridized carbons (Fsp3) is 0.375. The van der Waals surface area contributed by atoms with Gasteiger partial charge in [-0.15, -0.1) is 13.2 Å². The van der Waals surface area contributed by atoms with E-state index in [-0.39, 0.29) is 11.8 Å². The Hall–Kier alpha value is -2.15. The Bertz CT molecular complexity index is 602. The van der Waals surface area contributed by atoms with Gasteiger partial charge in [-0.05, 0) is 31.7 Å². The lowest BCUT2D eigenvalue weighted by Gasteiger charge is -2.24. The fourth-order valence-corrected chi connectivity index (χ4v) is 2.13. The second-order valence-corrected chi connectivity index (χ2v) is 5.36. The van der Waals surface area contributed by atoms with Gasteiger partial charge in [0.15, 0.2) is 0 Å². The first-order valence-electron chi connectivity index (χ1n) is 7.13. The number of ether oxygens (including phenoxy) is 1. The summed E-state index contributed by atoms with van der Waals surface area (Å²) >= 11 is 0. The van der Waals surface area contributed by atoms with Crippen LogP contribution < -0.4 is 4.74 Å². The van der Waals surface area contributed by atoms with E-state index in [4.69, 9.17) is 0 Å². The molecule has 0 radical (unpaired) electrons. The topological polar surface area (TPSA) is 38.2 Å². The van der Waals surface area contributed by atoms with Crippen molar-refractivity contribution in [2.45, 2.75) is 32.3 Å². The molecular weight excluding hydrogens is 307 g/mol. The number of nitrogens with zero attached hydrogens (tertiary/aromatic N) is 3. The average Bonchev–Trinajstić information content (AvgIpc) is 2.48. The third kappa shape index (κ3) is 5.86. The van der Waals surface area contributed by atoms with Crippen molar-refractivity contribution in [2.75, 3.05) is 7.05 Å². The molecule has 2 aromatic rings. The average molecular weight is 325 g/mol. The molecule has 0 aliphatic carbocycles. The summed E-state index contributed by atoms with van der Waals surface area (Å²) in [5.74, 6) is -0.212. The molecular formula is C16H18F3N3O. The molecule has 0 amide bonds. The molecule has 124 valence electrons. The van der Waals surface area contributed by atoms with Gasteiger partial charge in [0.25, 0.3) is 0 Å². The first-order valence-corrected chi connectivity index (χ1v) is 7.13. The van der Waals surface area contributed by atoms with Crippen LogP contribution in [0.5, 0.6) is 5.75 Å². The van der Waals surface area contributed by atoms with Crippen LogP contribution in [-0.2, 0) is 13.0 Å². The number of benzene rings is 1. The van der Waals surface area contributed by atoms with Crippen molar-refractivity contribution in [3.8, 4) is 5.75 Å². The maximum absolute atomic E-state index is 12.1. The predicted octanol–water partition coefficient (Wildman–Crippen LogP) is 3.44. The molecule has 0 N–H and O–H groups in total. The van der Waals surface area contributed by atoms with Crippen LogP contribution in [0, 0.1) is 0 Å². The van der Waals surface area contributed by atoms with Crippen molar-refractivity contribution in [3.63, 3.8) is 0 Å². The lowest BCUT2D eigenvalue weighted by atomic mass is 10.1. The van der Waals surface area contributed by atoms with Gasteiger partial charge in [0.2, 0.25) is 0 Å². The number of hydrogen-bond donors (Lipinski definition) is 0. The molecule has 1 heterocycles. The highest BCUT2D eigenvalue weighted by atomic mass is 19.4. The molecule has 7 heteroatoms. The Morgan fingerprint density at radius 3 is 2.43 bits per heavy atom. The molecule has 0 spiro atoms. The molecule has 2 rings (SSSR count). The smallest absolute Gasteiger partial charge is 0.406 e. The quantitative estimate of drug-likeness (QED) is 0.815. The Morgan fingerprint density at radius 2 is 1.87 bits per heavy atom. The van der Waals surface area contributed by atoms with Gasteiger partial charge in [0.1, 0.15) is 5.75 Å². The van der Waals surface area contributed by atoms with E-state index < -0.39 is 6.36 Å². The molecule has 0 unspecified atom stereocenters. The van der Waals surface area contributed by atoms with E-state index in [0.29, 0.717) is 6.54 Å². The minimum absolute atomic E-state index is 0.212. The zero-order valence-electron chi connectivity index (χ0n) is 12.9. The monoisotopic (exact) mass is 325 g/mol. The van der Waals surface area contributed by atoms with Crippen LogP contribution in [0.4, 0.5) is 13.2 Å². The minimum Gasteiger partial charge on any atom is -0.406 e. The molecule has 0 aliphatic rings. The molecule has 23 heavy (non-hydrogen) atoms. The zero-order valence-corrected chi connectivity index (χ0v) is 12.9. The number of rotatable bonds is 6. The Kier molecular flexibility index (Phi) is 5.54. The minimum atomic E-state index is -4.66. The fourth-order valence-electron chi connectivity index (χ4n) is 2.13. The Balaban J connectivity index is 1.90. The van der Waals surface area contributed by atoms with Crippen molar-refractivity contribution in [3.05, 3.63) is 54.1 Å².